The van der Waals surface area contributed by atoms with E-state index in [-0.39, 0.29) is 0 Å². The van der Waals surface area contributed by atoms with Crippen LogP contribution in [0.25, 0.3) is 5.57 Å². The van der Waals surface area contributed by atoms with Crippen LogP contribution in [0.4, 0.5) is 0 Å². The Bertz CT molecular complexity index is 338. The lowest BCUT2D eigenvalue weighted by Crippen LogP contribution is -1.87. The third-order valence-electron chi connectivity index (χ3n) is 2.43. The third kappa shape index (κ3) is 3.23. The van der Waals surface area contributed by atoms with Crippen molar-refractivity contribution in [2.24, 2.45) is 0 Å². The summed E-state index contributed by atoms with van der Waals surface area (Å²) in [7, 11) is 1.70. The van der Waals surface area contributed by atoms with E-state index < -0.39 is 0 Å². The fourth-order valence-electron chi connectivity index (χ4n) is 1.56. The molecule has 0 saturated carbocycles. The Kier molecular flexibility index (Phi) is 5.15. The van der Waals surface area contributed by atoms with Gasteiger partial charge in [-0.1, -0.05) is 26.0 Å². The molecule has 0 radical (unpaired) electrons. The van der Waals surface area contributed by atoms with Crippen molar-refractivity contribution in [3.63, 3.8) is 0 Å². The normalized spacial score (nSPS) is 12.3. The van der Waals surface area contributed by atoms with Crippen LogP contribution in [-0.2, 0) is 0 Å². The number of benzene rings is 1. The molecule has 0 spiro atoms. The predicted octanol–water partition coefficient (Wildman–Crippen LogP) is 4.66. The first-order valence-electron chi connectivity index (χ1n) is 5.24. The van der Waals surface area contributed by atoms with E-state index in [2.05, 4.69) is 48.6 Å². The lowest BCUT2D eigenvalue weighted by Gasteiger charge is -2.09. The standard InChI is InChI=1S/C13H17IO/c1-4-12(13(14)5-2)10-6-8-11(15-3)9-7-10/h6-9H,4-5H2,1-3H3/b13-12+. The van der Waals surface area contributed by atoms with Crippen molar-refractivity contribution in [2.75, 3.05) is 7.11 Å². The lowest BCUT2D eigenvalue weighted by atomic mass is 10.0. The van der Waals surface area contributed by atoms with Crippen molar-refractivity contribution in [1.82, 2.24) is 0 Å². The van der Waals surface area contributed by atoms with Gasteiger partial charge in [-0.05, 0) is 62.3 Å². The average molecular weight is 316 g/mol. The summed E-state index contributed by atoms with van der Waals surface area (Å²) in [6.45, 7) is 4.40. The van der Waals surface area contributed by atoms with Gasteiger partial charge in [-0.25, -0.2) is 0 Å². The Morgan fingerprint density at radius 2 is 1.73 bits per heavy atom. The van der Waals surface area contributed by atoms with Crippen molar-refractivity contribution in [3.8, 4) is 5.75 Å². The largest absolute Gasteiger partial charge is 0.497 e. The molecule has 0 aliphatic carbocycles. The molecular formula is C13H17IO. The summed E-state index contributed by atoms with van der Waals surface area (Å²) < 4.78 is 6.60. The molecule has 0 atom stereocenters. The Morgan fingerprint density at radius 1 is 1.13 bits per heavy atom. The molecule has 2 heteroatoms. The molecule has 1 aromatic carbocycles. The Morgan fingerprint density at radius 3 is 2.13 bits per heavy atom. The van der Waals surface area contributed by atoms with Crippen LogP contribution in [0.2, 0.25) is 0 Å². The summed E-state index contributed by atoms with van der Waals surface area (Å²) in [5.74, 6) is 0.917. The summed E-state index contributed by atoms with van der Waals surface area (Å²) in [6.07, 6.45) is 2.19. The molecular weight excluding hydrogens is 299 g/mol. The second-order valence-electron chi connectivity index (χ2n) is 3.32. The zero-order valence-corrected chi connectivity index (χ0v) is 11.7. The minimum atomic E-state index is 0.917. The lowest BCUT2D eigenvalue weighted by molar-refractivity contribution is 0.415. The highest BCUT2D eigenvalue weighted by molar-refractivity contribution is 14.1. The van der Waals surface area contributed by atoms with Gasteiger partial charge in [0.1, 0.15) is 5.75 Å². The molecule has 0 saturated heterocycles. The van der Waals surface area contributed by atoms with Crippen molar-refractivity contribution in [2.45, 2.75) is 26.7 Å². The number of halogens is 1. The van der Waals surface area contributed by atoms with Gasteiger partial charge >= 0.3 is 0 Å². The van der Waals surface area contributed by atoms with Gasteiger partial charge in [0.05, 0.1) is 7.11 Å². The highest BCUT2D eigenvalue weighted by Crippen LogP contribution is 2.29. The van der Waals surface area contributed by atoms with Crippen molar-refractivity contribution in [3.05, 3.63) is 33.4 Å². The summed E-state index contributed by atoms with van der Waals surface area (Å²) in [5, 5.41) is 0. The van der Waals surface area contributed by atoms with Crippen LogP contribution in [0.15, 0.2) is 27.8 Å². The zero-order chi connectivity index (χ0) is 11.3. The van der Waals surface area contributed by atoms with E-state index in [0.29, 0.717) is 0 Å². The molecule has 0 heterocycles. The van der Waals surface area contributed by atoms with Gasteiger partial charge in [0, 0.05) is 0 Å². The van der Waals surface area contributed by atoms with Gasteiger partial charge in [0.2, 0.25) is 0 Å². The molecule has 1 rings (SSSR count). The minimum Gasteiger partial charge on any atom is -0.497 e. The van der Waals surface area contributed by atoms with Gasteiger partial charge in [-0.2, -0.15) is 0 Å². The molecule has 0 aliphatic rings. The van der Waals surface area contributed by atoms with Crippen LogP contribution in [0, 0.1) is 0 Å². The molecule has 0 unspecified atom stereocenters. The van der Waals surface area contributed by atoms with Gasteiger partial charge in [0.25, 0.3) is 0 Å². The number of methoxy groups -OCH3 is 1. The van der Waals surface area contributed by atoms with Crippen molar-refractivity contribution in [1.29, 1.82) is 0 Å². The first kappa shape index (κ1) is 12.6. The van der Waals surface area contributed by atoms with E-state index >= 15 is 0 Å². The maximum Gasteiger partial charge on any atom is 0.118 e. The number of hydrogen-bond acceptors (Lipinski definition) is 1. The molecule has 1 aromatic rings. The molecule has 0 N–H and O–H groups in total. The number of ether oxygens (including phenoxy) is 1. The molecule has 0 aromatic heterocycles. The average Bonchev–Trinajstić information content (AvgIpc) is 2.30. The Hall–Kier alpha value is -0.510. The summed E-state index contributed by atoms with van der Waals surface area (Å²) in [5.41, 5.74) is 2.75. The van der Waals surface area contributed by atoms with Gasteiger partial charge < -0.3 is 4.74 Å². The number of allylic oxidation sites excluding steroid dienone is 2. The number of hydrogen-bond donors (Lipinski definition) is 0. The van der Waals surface area contributed by atoms with Crippen LogP contribution in [-0.4, -0.2) is 7.11 Å². The molecule has 15 heavy (non-hydrogen) atoms. The van der Waals surface area contributed by atoms with E-state index in [9.17, 15) is 0 Å². The van der Waals surface area contributed by atoms with Crippen molar-refractivity contribution < 1.29 is 4.74 Å². The van der Waals surface area contributed by atoms with E-state index in [1.165, 1.54) is 14.7 Å². The van der Waals surface area contributed by atoms with E-state index in [0.717, 1.165) is 18.6 Å². The molecule has 82 valence electrons. The monoisotopic (exact) mass is 316 g/mol. The van der Waals surface area contributed by atoms with Crippen LogP contribution < -0.4 is 4.74 Å². The molecule has 0 fully saturated rings. The van der Waals surface area contributed by atoms with Crippen LogP contribution in [0.1, 0.15) is 32.3 Å². The quantitative estimate of drug-likeness (QED) is 0.734. The molecule has 0 amide bonds. The maximum absolute atomic E-state index is 5.15. The van der Waals surface area contributed by atoms with E-state index in [1.807, 2.05) is 12.1 Å². The number of rotatable bonds is 4. The topological polar surface area (TPSA) is 9.23 Å². The maximum atomic E-state index is 5.15. The van der Waals surface area contributed by atoms with Crippen LogP contribution in [0.3, 0.4) is 0 Å². The van der Waals surface area contributed by atoms with Gasteiger partial charge in [-0.3, -0.25) is 0 Å². The van der Waals surface area contributed by atoms with Gasteiger partial charge in [0.15, 0.2) is 0 Å². The second-order valence-corrected chi connectivity index (χ2v) is 4.62. The summed E-state index contributed by atoms with van der Waals surface area (Å²) >= 11 is 2.44. The van der Waals surface area contributed by atoms with E-state index in [4.69, 9.17) is 4.74 Å². The fraction of sp³-hybridized carbons (Fsp3) is 0.385. The molecule has 0 bridgehead atoms. The van der Waals surface area contributed by atoms with E-state index in [1.54, 1.807) is 7.11 Å². The SMILES string of the molecule is CC/C(I)=C(/CC)c1ccc(OC)cc1. The zero-order valence-electron chi connectivity index (χ0n) is 9.51. The smallest absolute Gasteiger partial charge is 0.118 e. The van der Waals surface area contributed by atoms with Gasteiger partial charge in [-0.15, -0.1) is 0 Å². The minimum absolute atomic E-state index is 0.917. The molecule has 1 nitrogen and oxygen atoms in total. The Balaban J connectivity index is 3.03. The molecule has 0 aliphatic heterocycles. The highest BCUT2D eigenvalue weighted by Gasteiger charge is 2.03. The first-order chi connectivity index (χ1) is 7.22. The van der Waals surface area contributed by atoms with Crippen LogP contribution >= 0.6 is 22.6 Å². The second kappa shape index (κ2) is 6.16. The Labute approximate surface area is 106 Å². The van der Waals surface area contributed by atoms with Crippen LogP contribution in [0.5, 0.6) is 5.75 Å². The third-order valence-corrected chi connectivity index (χ3v) is 3.84. The first-order valence-corrected chi connectivity index (χ1v) is 6.32. The highest BCUT2D eigenvalue weighted by atomic mass is 127. The summed E-state index contributed by atoms with van der Waals surface area (Å²) in [4.78, 5) is 0. The van der Waals surface area contributed by atoms with Crippen molar-refractivity contribution >= 4 is 28.2 Å². The summed E-state index contributed by atoms with van der Waals surface area (Å²) in [6, 6.07) is 8.30. The predicted molar refractivity (Wildman–Crippen MR) is 74.5 cm³/mol. The fourth-order valence-corrected chi connectivity index (χ4v) is 2.25.